The van der Waals surface area contributed by atoms with Crippen molar-refractivity contribution in [2.45, 2.75) is 44.7 Å². The number of thioether (sulfide) groups is 1. The average Bonchev–Trinajstić information content (AvgIpc) is 2.93. The summed E-state index contributed by atoms with van der Waals surface area (Å²) in [6.07, 6.45) is 0.0597. The Hall–Kier alpha value is -2.35. The van der Waals surface area contributed by atoms with Gasteiger partial charge in [0.2, 0.25) is 5.91 Å². The minimum atomic E-state index is -0.346. The Bertz CT molecular complexity index is 794. The molecule has 7 nitrogen and oxygen atoms in total. The largest absolute Gasteiger partial charge is 0.466 e. The van der Waals surface area contributed by atoms with Crippen LogP contribution in [0.1, 0.15) is 39.1 Å². The maximum atomic E-state index is 12.2. The van der Waals surface area contributed by atoms with Gasteiger partial charge in [0.1, 0.15) is 12.2 Å². The second kappa shape index (κ2) is 9.03. The fourth-order valence-electron chi connectivity index (χ4n) is 2.35. The molecule has 0 aliphatic heterocycles. The van der Waals surface area contributed by atoms with Crippen molar-refractivity contribution in [3.05, 3.63) is 35.7 Å². The van der Waals surface area contributed by atoms with Crippen molar-refractivity contribution in [1.82, 2.24) is 14.8 Å². The second-order valence-corrected chi connectivity index (χ2v) is 8.05. The third kappa shape index (κ3) is 6.09. The third-order valence-electron chi connectivity index (χ3n) is 3.90. The van der Waals surface area contributed by atoms with Gasteiger partial charge in [-0.25, -0.2) is 0 Å². The van der Waals surface area contributed by atoms with Gasteiger partial charge in [0.05, 0.1) is 12.4 Å². The lowest BCUT2D eigenvalue weighted by atomic mass is 9.87. The third-order valence-corrected chi connectivity index (χ3v) is 4.92. The fourth-order valence-corrected chi connectivity index (χ4v) is 3.08. The maximum Gasteiger partial charge on any atom is 0.313 e. The summed E-state index contributed by atoms with van der Waals surface area (Å²) in [5.41, 5.74) is 2.04. The zero-order chi connectivity index (χ0) is 20.0. The van der Waals surface area contributed by atoms with Gasteiger partial charge in [-0.2, -0.15) is 0 Å². The highest BCUT2D eigenvalue weighted by Gasteiger charge is 2.16. The van der Waals surface area contributed by atoms with Crippen LogP contribution in [-0.4, -0.2) is 39.0 Å². The molecule has 2 rings (SSSR count). The molecule has 27 heavy (non-hydrogen) atoms. The van der Waals surface area contributed by atoms with Gasteiger partial charge in [-0.15, -0.1) is 10.2 Å². The molecule has 0 saturated carbocycles. The predicted molar refractivity (Wildman–Crippen MR) is 106 cm³/mol. The van der Waals surface area contributed by atoms with Crippen LogP contribution >= 0.6 is 11.8 Å². The van der Waals surface area contributed by atoms with Crippen molar-refractivity contribution in [3.8, 4) is 0 Å². The summed E-state index contributed by atoms with van der Waals surface area (Å²) in [6, 6.07) is 7.85. The molecule has 1 aromatic carbocycles. The van der Waals surface area contributed by atoms with Crippen LogP contribution in [-0.2, 0) is 33.2 Å². The van der Waals surface area contributed by atoms with Crippen LogP contribution in [0.5, 0.6) is 0 Å². The fraction of sp³-hybridized carbons (Fsp3) is 0.474. The van der Waals surface area contributed by atoms with Gasteiger partial charge in [-0.3, -0.25) is 9.59 Å². The standard InChI is InChI=1S/C19H26N4O3S/c1-6-26-17(25)11-15-21-22-18(23(15)5)27-12-16(24)20-14-9-7-13(8-10-14)19(2,3)4/h7-10H,6,11-12H2,1-5H3,(H,20,24). The van der Waals surface area contributed by atoms with E-state index in [1.54, 1.807) is 18.5 Å². The monoisotopic (exact) mass is 390 g/mol. The summed E-state index contributed by atoms with van der Waals surface area (Å²) in [7, 11) is 1.76. The molecule has 0 aliphatic carbocycles. The van der Waals surface area contributed by atoms with Crippen molar-refractivity contribution in [2.24, 2.45) is 7.05 Å². The zero-order valence-electron chi connectivity index (χ0n) is 16.4. The summed E-state index contributed by atoms with van der Waals surface area (Å²) in [5, 5.41) is 11.5. The molecule has 1 N–H and O–H groups in total. The van der Waals surface area contributed by atoms with E-state index in [1.165, 1.54) is 17.3 Å². The molecule has 1 amide bonds. The first-order valence-corrected chi connectivity index (χ1v) is 9.76. The summed E-state index contributed by atoms with van der Waals surface area (Å²) in [4.78, 5) is 23.7. The van der Waals surface area contributed by atoms with E-state index in [2.05, 4.69) is 36.3 Å². The number of nitrogens with zero attached hydrogens (tertiary/aromatic N) is 3. The van der Waals surface area contributed by atoms with Gasteiger partial charge < -0.3 is 14.6 Å². The Morgan fingerprint density at radius 1 is 1.19 bits per heavy atom. The van der Waals surface area contributed by atoms with Gasteiger partial charge >= 0.3 is 5.97 Å². The van der Waals surface area contributed by atoms with E-state index in [0.717, 1.165) is 5.69 Å². The molecule has 0 bridgehead atoms. The zero-order valence-corrected chi connectivity index (χ0v) is 17.2. The molecule has 2 aromatic rings. The molecule has 1 aromatic heterocycles. The molecular formula is C19H26N4O3S. The number of aromatic nitrogens is 3. The van der Waals surface area contributed by atoms with E-state index in [1.807, 2.05) is 24.3 Å². The summed E-state index contributed by atoms with van der Waals surface area (Å²) in [6.45, 7) is 8.53. The molecule has 0 spiro atoms. The van der Waals surface area contributed by atoms with Crippen LogP contribution in [0, 0.1) is 0 Å². The van der Waals surface area contributed by atoms with E-state index in [-0.39, 0.29) is 29.5 Å². The minimum Gasteiger partial charge on any atom is -0.466 e. The number of anilines is 1. The SMILES string of the molecule is CCOC(=O)Cc1nnc(SCC(=O)Nc2ccc(C(C)(C)C)cc2)n1C. The highest BCUT2D eigenvalue weighted by atomic mass is 32.2. The lowest BCUT2D eigenvalue weighted by Gasteiger charge is -2.19. The van der Waals surface area contributed by atoms with Crippen LogP contribution in [0.2, 0.25) is 0 Å². The Balaban J connectivity index is 1.88. The number of benzene rings is 1. The van der Waals surface area contributed by atoms with Crippen LogP contribution in [0.4, 0.5) is 5.69 Å². The Morgan fingerprint density at radius 3 is 2.44 bits per heavy atom. The number of nitrogens with one attached hydrogen (secondary N) is 1. The number of carbonyl (C=O) groups excluding carboxylic acids is 2. The number of esters is 1. The molecule has 8 heteroatoms. The minimum absolute atomic E-state index is 0.0597. The number of amides is 1. The Kier molecular flexibility index (Phi) is 7.01. The lowest BCUT2D eigenvalue weighted by molar-refractivity contribution is -0.142. The first kappa shape index (κ1) is 21.0. The van der Waals surface area contributed by atoms with Gasteiger partial charge in [-0.05, 0) is 30.0 Å². The van der Waals surface area contributed by atoms with E-state index in [9.17, 15) is 9.59 Å². The normalized spacial score (nSPS) is 11.3. The Labute approximate surface area is 163 Å². The first-order chi connectivity index (χ1) is 12.7. The first-order valence-electron chi connectivity index (χ1n) is 8.77. The summed E-state index contributed by atoms with van der Waals surface area (Å²) < 4.78 is 6.61. The maximum absolute atomic E-state index is 12.2. The van der Waals surface area contributed by atoms with Gasteiger partial charge in [0.15, 0.2) is 5.16 Å². The summed E-state index contributed by atoms with van der Waals surface area (Å²) in [5.74, 6) is 0.237. The number of ether oxygens (including phenoxy) is 1. The molecule has 0 aliphatic rings. The van der Waals surface area contributed by atoms with E-state index in [0.29, 0.717) is 17.6 Å². The van der Waals surface area contributed by atoms with Gasteiger partial charge in [-0.1, -0.05) is 44.7 Å². The van der Waals surface area contributed by atoms with Crippen molar-refractivity contribution >= 4 is 29.3 Å². The van der Waals surface area contributed by atoms with Crippen molar-refractivity contribution in [3.63, 3.8) is 0 Å². The molecule has 0 radical (unpaired) electrons. The average molecular weight is 391 g/mol. The van der Waals surface area contributed by atoms with Crippen LogP contribution in [0.15, 0.2) is 29.4 Å². The lowest BCUT2D eigenvalue weighted by Crippen LogP contribution is -2.15. The topological polar surface area (TPSA) is 86.1 Å². The number of hydrogen-bond donors (Lipinski definition) is 1. The highest BCUT2D eigenvalue weighted by Crippen LogP contribution is 2.23. The number of hydrogen-bond acceptors (Lipinski definition) is 6. The molecular weight excluding hydrogens is 364 g/mol. The highest BCUT2D eigenvalue weighted by molar-refractivity contribution is 7.99. The quantitative estimate of drug-likeness (QED) is 0.578. The molecule has 0 fully saturated rings. The second-order valence-electron chi connectivity index (χ2n) is 7.10. The van der Waals surface area contributed by atoms with Crippen LogP contribution in [0.3, 0.4) is 0 Å². The number of rotatable bonds is 7. The van der Waals surface area contributed by atoms with E-state index >= 15 is 0 Å². The van der Waals surface area contributed by atoms with Crippen LogP contribution in [0.25, 0.3) is 0 Å². The predicted octanol–water partition coefficient (Wildman–Crippen LogP) is 2.95. The van der Waals surface area contributed by atoms with Gasteiger partial charge in [0.25, 0.3) is 0 Å². The summed E-state index contributed by atoms with van der Waals surface area (Å²) >= 11 is 1.27. The molecule has 1 heterocycles. The van der Waals surface area contributed by atoms with Gasteiger partial charge in [0, 0.05) is 12.7 Å². The number of carbonyl (C=O) groups is 2. The van der Waals surface area contributed by atoms with Crippen molar-refractivity contribution in [2.75, 3.05) is 17.7 Å². The van der Waals surface area contributed by atoms with Crippen molar-refractivity contribution in [1.29, 1.82) is 0 Å². The molecule has 0 saturated heterocycles. The van der Waals surface area contributed by atoms with Crippen LogP contribution < -0.4 is 5.32 Å². The van der Waals surface area contributed by atoms with Crippen molar-refractivity contribution < 1.29 is 14.3 Å². The molecule has 146 valence electrons. The smallest absolute Gasteiger partial charge is 0.313 e. The molecule has 0 unspecified atom stereocenters. The van der Waals surface area contributed by atoms with E-state index < -0.39 is 0 Å². The Morgan fingerprint density at radius 2 is 1.85 bits per heavy atom. The molecule has 0 atom stereocenters. The van der Waals surface area contributed by atoms with E-state index in [4.69, 9.17) is 4.74 Å².